The van der Waals surface area contributed by atoms with Crippen LogP contribution in [0.1, 0.15) is 17.3 Å². The summed E-state index contributed by atoms with van der Waals surface area (Å²) in [5, 5.41) is 3.59. The van der Waals surface area contributed by atoms with Crippen LogP contribution in [0.2, 0.25) is 0 Å². The number of nitrogens with two attached hydrogens (primary N) is 2. The number of hydrogen-bond donors (Lipinski definition) is 3. The van der Waals surface area contributed by atoms with Crippen molar-refractivity contribution in [1.29, 1.82) is 0 Å². The van der Waals surface area contributed by atoms with E-state index in [1.165, 1.54) is 6.20 Å². The number of pyridine rings is 2. The lowest BCUT2D eigenvalue weighted by Crippen LogP contribution is -2.29. The van der Waals surface area contributed by atoms with E-state index in [1.807, 2.05) is 24.3 Å². The fourth-order valence-corrected chi connectivity index (χ4v) is 4.50. The van der Waals surface area contributed by atoms with E-state index >= 15 is 0 Å². The normalized spacial score (nSPS) is 11.5. The molecule has 2 aromatic heterocycles. The predicted molar refractivity (Wildman–Crippen MR) is 134 cm³/mol. The van der Waals surface area contributed by atoms with Crippen molar-refractivity contribution in [3.05, 3.63) is 72.6 Å². The smallest absolute Gasteiger partial charge is 0.252 e. The predicted octanol–water partition coefficient (Wildman–Crippen LogP) is 3.03. The largest absolute Gasteiger partial charge is 0.383 e. The Labute approximate surface area is 198 Å². The van der Waals surface area contributed by atoms with Gasteiger partial charge in [0.15, 0.2) is 9.84 Å². The van der Waals surface area contributed by atoms with Gasteiger partial charge in [-0.15, -0.1) is 0 Å². The SMILES string of the molecule is CCS(=O)(=O)c1ccc(-c2cc3cc(-c4cncc(C(=O)NCCN)c4)ccc3nc2N)cc1. The van der Waals surface area contributed by atoms with Gasteiger partial charge in [-0.25, -0.2) is 13.4 Å². The quantitative estimate of drug-likeness (QED) is 0.373. The Kier molecular flexibility index (Phi) is 6.58. The van der Waals surface area contributed by atoms with Gasteiger partial charge in [0.2, 0.25) is 0 Å². The van der Waals surface area contributed by atoms with Crippen LogP contribution in [-0.2, 0) is 9.84 Å². The van der Waals surface area contributed by atoms with E-state index in [0.29, 0.717) is 30.0 Å². The molecule has 4 rings (SSSR count). The molecule has 8 nitrogen and oxygen atoms in total. The van der Waals surface area contributed by atoms with E-state index in [2.05, 4.69) is 15.3 Å². The molecule has 2 aromatic carbocycles. The zero-order chi connectivity index (χ0) is 24.3. The van der Waals surface area contributed by atoms with Gasteiger partial charge in [-0.2, -0.15) is 0 Å². The number of anilines is 1. The Bertz CT molecular complexity index is 1470. The van der Waals surface area contributed by atoms with Crippen LogP contribution in [-0.4, -0.2) is 43.1 Å². The lowest BCUT2D eigenvalue weighted by atomic mass is 10.0. The molecule has 9 heteroatoms. The zero-order valence-electron chi connectivity index (χ0n) is 18.7. The first kappa shape index (κ1) is 23.3. The van der Waals surface area contributed by atoms with Gasteiger partial charge < -0.3 is 16.8 Å². The van der Waals surface area contributed by atoms with Crippen LogP contribution in [0.3, 0.4) is 0 Å². The minimum absolute atomic E-state index is 0.0412. The number of benzene rings is 2. The number of carbonyl (C=O) groups is 1. The van der Waals surface area contributed by atoms with E-state index in [0.717, 1.165) is 27.6 Å². The highest BCUT2D eigenvalue weighted by Crippen LogP contribution is 2.31. The van der Waals surface area contributed by atoms with Gasteiger partial charge in [0.1, 0.15) is 5.82 Å². The molecule has 0 bridgehead atoms. The Morgan fingerprint density at radius 1 is 0.971 bits per heavy atom. The van der Waals surface area contributed by atoms with Crippen molar-refractivity contribution in [1.82, 2.24) is 15.3 Å². The lowest BCUT2D eigenvalue weighted by Gasteiger charge is -2.10. The van der Waals surface area contributed by atoms with Crippen molar-refractivity contribution in [3.8, 4) is 22.3 Å². The van der Waals surface area contributed by atoms with Crippen LogP contribution in [0.25, 0.3) is 33.2 Å². The topological polar surface area (TPSA) is 141 Å². The maximum absolute atomic E-state index is 12.3. The Morgan fingerprint density at radius 2 is 1.71 bits per heavy atom. The molecule has 0 fully saturated rings. The number of sulfone groups is 1. The van der Waals surface area contributed by atoms with Gasteiger partial charge in [-0.05, 0) is 47.5 Å². The van der Waals surface area contributed by atoms with Gasteiger partial charge in [0, 0.05) is 42.0 Å². The first-order valence-electron chi connectivity index (χ1n) is 10.8. The molecule has 5 N–H and O–H groups in total. The summed E-state index contributed by atoms with van der Waals surface area (Å²) in [5.41, 5.74) is 16.0. The van der Waals surface area contributed by atoms with Crippen molar-refractivity contribution < 1.29 is 13.2 Å². The Balaban J connectivity index is 1.71. The minimum Gasteiger partial charge on any atom is -0.383 e. The molecule has 0 radical (unpaired) electrons. The first-order valence-corrected chi connectivity index (χ1v) is 12.4. The third-order valence-corrected chi connectivity index (χ3v) is 7.26. The molecular weight excluding hydrogens is 450 g/mol. The highest BCUT2D eigenvalue weighted by Gasteiger charge is 2.13. The summed E-state index contributed by atoms with van der Waals surface area (Å²) < 4.78 is 24.2. The van der Waals surface area contributed by atoms with Crippen LogP contribution >= 0.6 is 0 Å². The van der Waals surface area contributed by atoms with Crippen LogP contribution in [0.5, 0.6) is 0 Å². The number of nitrogen functional groups attached to an aromatic ring is 1. The lowest BCUT2D eigenvalue weighted by molar-refractivity contribution is 0.0954. The molecule has 0 aliphatic rings. The van der Waals surface area contributed by atoms with Crippen molar-refractivity contribution >= 4 is 32.5 Å². The average Bonchev–Trinajstić information content (AvgIpc) is 2.86. The number of hydrogen-bond acceptors (Lipinski definition) is 7. The molecule has 0 unspecified atom stereocenters. The highest BCUT2D eigenvalue weighted by atomic mass is 32.2. The molecule has 2 heterocycles. The molecule has 0 aliphatic heterocycles. The molecule has 1 amide bonds. The summed E-state index contributed by atoms with van der Waals surface area (Å²) in [7, 11) is -3.28. The van der Waals surface area contributed by atoms with Crippen molar-refractivity contribution in [3.63, 3.8) is 0 Å². The van der Waals surface area contributed by atoms with Gasteiger partial charge >= 0.3 is 0 Å². The molecule has 0 aliphatic carbocycles. The van der Waals surface area contributed by atoms with Gasteiger partial charge in [-0.3, -0.25) is 9.78 Å². The van der Waals surface area contributed by atoms with E-state index in [4.69, 9.17) is 11.5 Å². The van der Waals surface area contributed by atoms with Crippen molar-refractivity contribution in [2.75, 3.05) is 24.6 Å². The van der Waals surface area contributed by atoms with Crippen LogP contribution in [0, 0.1) is 0 Å². The second kappa shape index (κ2) is 9.58. The molecule has 0 spiro atoms. The van der Waals surface area contributed by atoms with Gasteiger partial charge in [-0.1, -0.05) is 25.1 Å². The number of aromatic nitrogens is 2. The summed E-state index contributed by atoms with van der Waals surface area (Å²) in [6.45, 7) is 2.36. The number of rotatable bonds is 7. The molecule has 4 aromatic rings. The third kappa shape index (κ3) is 4.75. The number of nitrogens with one attached hydrogen (secondary N) is 1. The molecule has 34 heavy (non-hydrogen) atoms. The third-order valence-electron chi connectivity index (χ3n) is 5.51. The second-order valence-electron chi connectivity index (χ2n) is 7.76. The number of amides is 1. The average molecular weight is 476 g/mol. The monoisotopic (exact) mass is 475 g/mol. The van der Waals surface area contributed by atoms with Gasteiger partial charge in [0.05, 0.1) is 21.7 Å². The summed E-state index contributed by atoms with van der Waals surface area (Å²) in [5.74, 6) is 0.164. The van der Waals surface area contributed by atoms with E-state index in [-0.39, 0.29) is 16.6 Å². The summed E-state index contributed by atoms with van der Waals surface area (Å²) in [4.78, 5) is 21.3. The van der Waals surface area contributed by atoms with E-state index in [1.54, 1.807) is 43.5 Å². The Hall–Kier alpha value is -3.82. The summed E-state index contributed by atoms with van der Waals surface area (Å²) in [6, 6.07) is 16.1. The van der Waals surface area contributed by atoms with Crippen LogP contribution in [0.4, 0.5) is 5.82 Å². The van der Waals surface area contributed by atoms with E-state index < -0.39 is 9.84 Å². The number of fused-ring (bicyclic) bond motifs is 1. The van der Waals surface area contributed by atoms with Crippen molar-refractivity contribution in [2.24, 2.45) is 5.73 Å². The number of carbonyl (C=O) groups excluding carboxylic acids is 1. The molecular formula is C25H25N5O3S. The van der Waals surface area contributed by atoms with Crippen molar-refractivity contribution in [2.45, 2.75) is 11.8 Å². The molecule has 0 saturated carbocycles. The zero-order valence-corrected chi connectivity index (χ0v) is 19.5. The van der Waals surface area contributed by atoms with Crippen LogP contribution < -0.4 is 16.8 Å². The van der Waals surface area contributed by atoms with Gasteiger partial charge in [0.25, 0.3) is 5.91 Å². The summed E-state index contributed by atoms with van der Waals surface area (Å²) >= 11 is 0. The molecule has 174 valence electrons. The molecule has 0 atom stereocenters. The Morgan fingerprint density at radius 3 is 2.41 bits per heavy atom. The fraction of sp³-hybridized carbons (Fsp3) is 0.160. The molecule has 0 saturated heterocycles. The first-order chi connectivity index (χ1) is 16.3. The second-order valence-corrected chi connectivity index (χ2v) is 10.0. The summed E-state index contributed by atoms with van der Waals surface area (Å²) in [6.07, 6.45) is 3.21. The number of nitrogens with zero attached hydrogens (tertiary/aromatic N) is 2. The maximum Gasteiger partial charge on any atom is 0.252 e. The van der Waals surface area contributed by atoms with E-state index in [9.17, 15) is 13.2 Å². The highest BCUT2D eigenvalue weighted by molar-refractivity contribution is 7.91. The minimum atomic E-state index is -3.28. The maximum atomic E-state index is 12.3. The fourth-order valence-electron chi connectivity index (χ4n) is 3.62. The van der Waals surface area contributed by atoms with Crippen LogP contribution in [0.15, 0.2) is 71.9 Å². The standard InChI is InChI=1S/C25H25N5O3S/c1-2-34(32,33)21-6-3-16(4-7-21)22-13-18-11-17(5-8-23(18)30-24(22)27)19-12-20(15-28-14-19)25(31)29-10-9-26/h3-8,11-15H,2,9-10,26H2,1H3,(H2,27,30)(H,29,31).